The molecule has 68 valence electrons. The fourth-order valence-corrected chi connectivity index (χ4v) is 2.33. The summed E-state index contributed by atoms with van der Waals surface area (Å²) in [5, 5.41) is 12.1. The van der Waals surface area contributed by atoms with Gasteiger partial charge in [-0.2, -0.15) is 0 Å². The van der Waals surface area contributed by atoms with E-state index < -0.39 is 5.97 Å². The zero-order valence-electron chi connectivity index (χ0n) is 7.12. The lowest BCUT2D eigenvalue weighted by atomic mass is 9.72. The molecule has 1 aliphatic heterocycles. The zero-order valence-corrected chi connectivity index (χ0v) is 7.12. The van der Waals surface area contributed by atoms with Gasteiger partial charge in [0.25, 0.3) is 0 Å². The lowest BCUT2D eigenvalue weighted by molar-refractivity contribution is -0.143. The van der Waals surface area contributed by atoms with Crippen LogP contribution < -0.4 is 5.32 Å². The molecule has 3 nitrogen and oxygen atoms in total. The minimum atomic E-state index is -0.614. The van der Waals surface area contributed by atoms with E-state index in [0.717, 1.165) is 6.54 Å². The van der Waals surface area contributed by atoms with E-state index in [1.54, 1.807) is 0 Å². The van der Waals surface area contributed by atoms with E-state index in [0.29, 0.717) is 18.4 Å². The first-order chi connectivity index (χ1) is 5.79. The van der Waals surface area contributed by atoms with Crippen LogP contribution in [-0.2, 0) is 4.79 Å². The predicted molar refractivity (Wildman–Crippen MR) is 44.8 cm³/mol. The van der Waals surface area contributed by atoms with Crippen LogP contribution in [0.1, 0.15) is 19.3 Å². The van der Waals surface area contributed by atoms with Gasteiger partial charge in [-0.3, -0.25) is 4.79 Å². The van der Waals surface area contributed by atoms with Crippen LogP contribution in [0.5, 0.6) is 0 Å². The van der Waals surface area contributed by atoms with Gasteiger partial charge in [-0.05, 0) is 18.4 Å². The standard InChI is InChI=1S/C9H15NO2/c11-9(12)8-5-10-4-7(8)6-2-1-3-6/h6-8,10H,1-5H2,(H,11,12). The van der Waals surface area contributed by atoms with Crippen molar-refractivity contribution in [3.8, 4) is 0 Å². The first-order valence-electron chi connectivity index (χ1n) is 4.72. The summed E-state index contributed by atoms with van der Waals surface area (Å²) >= 11 is 0. The Labute approximate surface area is 72.2 Å². The van der Waals surface area contributed by atoms with Gasteiger partial charge in [-0.15, -0.1) is 0 Å². The number of carbonyl (C=O) groups is 1. The van der Waals surface area contributed by atoms with Gasteiger partial charge in [0.05, 0.1) is 5.92 Å². The molecule has 0 aromatic carbocycles. The van der Waals surface area contributed by atoms with Crippen molar-refractivity contribution in [2.45, 2.75) is 19.3 Å². The molecule has 1 aliphatic carbocycles. The van der Waals surface area contributed by atoms with Gasteiger partial charge >= 0.3 is 5.97 Å². The topological polar surface area (TPSA) is 49.3 Å². The highest BCUT2D eigenvalue weighted by atomic mass is 16.4. The number of nitrogens with one attached hydrogen (secondary N) is 1. The third kappa shape index (κ3) is 1.22. The Morgan fingerprint density at radius 1 is 1.33 bits per heavy atom. The average Bonchev–Trinajstić information content (AvgIpc) is 2.31. The van der Waals surface area contributed by atoms with E-state index in [2.05, 4.69) is 5.32 Å². The van der Waals surface area contributed by atoms with E-state index in [4.69, 9.17) is 5.11 Å². The minimum Gasteiger partial charge on any atom is -0.481 e. The molecule has 0 amide bonds. The van der Waals surface area contributed by atoms with Gasteiger partial charge in [0.15, 0.2) is 0 Å². The molecule has 0 radical (unpaired) electrons. The van der Waals surface area contributed by atoms with E-state index >= 15 is 0 Å². The Balaban J connectivity index is 1.98. The summed E-state index contributed by atoms with van der Waals surface area (Å²) < 4.78 is 0. The summed E-state index contributed by atoms with van der Waals surface area (Å²) in [4.78, 5) is 10.8. The van der Waals surface area contributed by atoms with Crippen LogP contribution in [0.3, 0.4) is 0 Å². The van der Waals surface area contributed by atoms with E-state index in [-0.39, 0.29) is 5.92 Å². The first kappa shape index (κ1) is 8.05. The highest BCUT2D eigenvalue weighted by molar-refractivity contribution is 5.71. The Morgan fingerprint density at radius 3 is 2.58 bits per heavy atom. The molecular weight excluding hydrogens is 154 g/mol. The van der Waals surface area contributed by atoms with Crippen molar-refractivity contribution in [2.75, 3.05) is 13.1 Å². The Kier molecular flexibility index (Phi) is 2.05. The van der Waals surface area contributed by atoms with Crippen LogP contribution in [-0.4, -0.2) is 24.2 Å². The smallest absolute Gasteiger partial charge is 0.308 e. The van der Waals surface area contributed by atoms with Gasteiger partial charge < -0.3 is 10.4 Å². The van der Waals surface area contributed by atoms with Gasteiger partial charge in [0, 0.05) is 6.54 Å². The van der Waals surface area contributed by atoms with Crippen molar-refractivity contribution in [3.63, 3.8) is 0 Å². The third-order valence-corrected chi connectivity index (χ3v) is 3.33. The lowest BCUT2D eigenvalue weighted by Crippen LogP contribution is -2.31. The lowest BCUT2D eigenvalue weighted by Gasteiger charge is -2.32. The van der Waals surface area contributed by atoms with E-state index in [1.807, 2.05) is 0 Å². The highest BCUT2D eigenvalue weighted by Crippen LogP contribution is 2.38. The number of rotatable bonds is 2. The Bertz CT molecular complexity index is 189. The van der Waals surface area contributed by atoms with Gasteiger partial charge in [-0.25, -0.2) is 0 Å². The molecule has 2 rings (SSSR count). The molecular formula is C9H15NO2. The largest absolute Gasteiger partial charge is 0.481 e. The quantitative estimate of drug-likeness (QED) is 0.640. The second-order valence-corrected chi connectivity index (χ2v) is 3.96. The average molecular weight is 169 g/mol. The number of carboxylic acid groups (broad SMARTS) is 1. The van der Waals surface area contributed by atoms with Crippen LogP contribution >= 0.6 is 0 Å². The molecule has 2 unspecified atom stereocenters. The van der Waals surface area contributed by atoms with Gasteiger partial charge in [0.2, 0.25) is 0 Å². The molecule has 3 heteroatoms. The Hall–Kier alpha value is -0.570. The molecule has 2 aliphatic rings. The van der Waals surface area contributed by atoms with Crippen LogP contribution in [0, 0.1) is 17.8 Å². The molecule has 0 aromatic heterocycles. The second kappa shape index (κ2) is 3.05. The molecule has 2 atom stereocenters. The summed E-state index contributed by atoms with van der Waals surface area (Å²) in [6.07, 6.45) is 3.79. The number of aliphatic carboxylic acids is 1. The molecule has 2 fully saturated rings. The Morgan fingerprint density at radius 2 is 2.08 bits per heavy atom. The van der Waals surface area contributed by atoms with Crippen molar-refractivity contribution in [1.29, 1.82) is 0 Å². The van der Waals surface area contributed by atoms with Crippen LogP contribution in [0.15, 0.2) is 0 Å². The molecule has 0 spiro atoms. The number of hydrogen-bond donors (Lipinski definition) is 2. The minimum absolute atomic E-state index is 0.115. The first-order valence-corrected chi connectivity index (χ1v) is 4.72. The summed E-state index contributed by atoms with van der Waals surface area (Å²) in [6, 6.07) is 0. The van der Waals surface area contributed by atoms with E-state index in [9.17, 15) is 4.79 Å². The van der Waals surface area contributed by atoms with Crippen molar-refractivity contribution >= 4 is 5.97 Å². The summed E-state index contributed by atoms with van der Waals surface area (Å²) in [5.41, 5.74) is 0. The van der Waals surface area contributed by atoms with Gasteiger partial charge in [0.1, 0.15) is 0 Å². The van der Waals surface area contributed by atoms with Crippen LogP contribution in [0.4, 0.5) is 0 Å². The fourth-order valence-electron chi connectivity index (χ4n) is 2.33. The SMILES string of the molecule is O=C(O)C1CNCC1C1CCC1. The second-order valence-electron chi connectivity index (χ2n) is 3.96. The monoisotopic (exact) mass is 169 g/mol. The maximum Gasteiger partial charge on any atom is 0.308 e. The predicted octanol–water partition coefficient (Wildman–Crippen LogP) is 0.707. The van der Waals surface area contributed by atoms with Gasteiger partial charge in [-0.1, -0.05) is 19.3 Å². The molecule has 1 heterocycles. The van der Waals surface area contributed by atoms with Crippen molar-refractivity contribution in [3.05, 3.63) is 0 Å². The molecule has 1 saturated heterocycles. The summed E-state index contributed by atoms with van der Waals surface area (Å²) in [7, 11) is 0. The zero-order chi connectivity index (χ0) is 8.55. The van der Waals surface area contributed by atoms with Crippen LogP contribution in [0.2, 0.25) is 0 Å². The molecule has 2 N–H and O–H groups in total. The number of hydrogen-bond acceptors (Lipinski definition) is 2. The fraction of sp³-hybridized carbons (Fsp3) is 0.889. The maximum atomic E-state index is 10.8. The van der Waals surface area contributed by atoms with Crippen molar-refractivity contribution < 1.29 is 9.90 Å². The molecule has 0 aromatic rings. The van der Waals surface area contributed by atoms with E-state index in [1.165, 1.54) is 19.3 Å². The van der Waals surface area contributed by atoms with Crippen LogP contribution in [0.25, 0.3) is 0 Å². The molecule has 1 saturated carbocycles. The highest BCUT2D eigenvalue weighted by Gasteiger charge is 2.39. The summed E-state index contributed by atoms with van der Waals surface area (Å²) in [6.45, 7) is 1.60. The maximum absolute atomic E-state index is 10.8. The van der Waals surface area contributed by atoms with Crippen molar-refractivity contribution in [2.24, 2.45) is 17.8 Å². The summed E-state index contributed by atoms with van der Waals surface area (Å²) in [5.74, 6) is 0.379. The normalized spacial score (nSPS) is 36.3. The third-order valence-electron chi connectivity index (χ3n) is 3.33. The molecule has 12 heavy (non-hydrogen) atoms. The molecule has 0 bridgehead atoms. The number of carboxylic acids is 1. The van der Waals surface area contributed by atoms with Crippen molar-refractivity contribution in [1.82, 2.24) is 5.32 Å².